The summed E-state index contributed by atoms with van der Waals surface area (Å²) < 4.78 is 5.17. The summed E-state index contributed by atoms with van der Waals surface area (Å²) in [4.78, 5) is 35.4. The van der Waals surface area contributed by atoms with E-state index < -0.39 is 6.09 Å². The predicted octanol–water partition coefficient (Wildman–Crippen LogP) is 3.45. The fourth-order valence-corrected chi connectivity index (χ4v) is 4.65. The molecule has 0 unspecified atom stereocenters. The maximum Gasteiger partial charge on any atom is 0.414 e. The molecule has 1 aromatic heterocycles. The van der Waals surface area contributed by atoms with E-state index in [9.17, 15) is 14.9 Å². The first-order valence-electron chi connectivity index (χ1n) is 11.5. The van der Waals surface area contributed by atoms with E-state index in [1.165, 1.54) is 28.9 Å². The number of carbonyl (C=O) groups excluding carboxylic acids is 2. The van der Waals surface area contributed by atoms with Crippen molar-refractivity contribution in [3.63, 3.8) is 0 Å². The maximum absolute atomic E-state index is 13.2. The average Bonchev–Trinajstić information content (AvgIpc) is 3.62. The Morgan fingerprint density at radius 3 is 2.55 bits per heavy atom. The monoisotopic (exact) mass is 445 g/mol. The number of pyridine rings is 1. The molecule has 3 aliphatic rings. The Morgan fingerprint density at radius 1 is 1.18 bits per heavy atom. The Bertz CT molecular complexity index is 1150. The Balaban J connectivity index is 1.27. The zero-order chi connectivity index (χ0) is 23.1. The molecule has 0 spiro atoms. The van der Waals surface area contributed by atoms with Gasteiger partial charge < -0.3 is 14.5 Å². The molecule has 8 heteroatoms. The molecule has 2 saturated heterocycles. The number of benzene rings is 1. The summed E-state index contributed by atoms with van der Waals surface area (Å²) in [6, 6.07) is 9.31. The standard InChI is InChI=1S/C25H27N5O3/c1-16-11-20(18-3-4-18)14-27-23(16)28-7-9-29(10-8-28)24(31)22-6-5-21(12-19(22)13-26)30-15-17(2)33-25(30)32/h5-6,11-12,14,17-18H,3-4,7-10,15H2,1-2H3/t17-/m0/s1. The molecule has 0 N–H and O–H groups in total. The molecule has 1 saturated carbocycles. The highest BCUT2D eigenvalue weighted by Gasteiger charge is 2.31. The van der Waals surface area contributed by atoms with E-state index in [1.807, 2.05) is 13.1 Å². The van der Waals surface area contributed by atoms with Crippen LogP contribution in [-0.2, 0) is 4.74 Å². The van der Waals surface area contributed by atoms with Gasteiger partial charge in [-0.3, -0.25) is 9.69 Å². The number of amides is 2. The minimum atomic E-state index is -0.435. The van der Waals surface area contributed by atoms with Crippen molar-refractivity contribution in [3.8, 4) is 6.07 Å². The molecule has 33 heavy (non-hydrogen) atoms. The number of carbonyl (C=O) groups is 2. The molecule has 0 bridgehead atoms. The second kappa shape index (κ2) is 8.39. The molecule has 2 aromatic rings. The van der Waals surface area contributed by atoms with Gasteiger partial charge in [0, 0.05) is 38.1 Å². The van der Waals surface area contributed by atoms with E-state index in [1.54, 1.807) is 23.1 Å². The van der Waals surface area contributed by atoms with Gasteiger partial charge in [0.05, 0.1) is 17.7 Å². The lowest BCUT2D eigenvalue weighted by Gasteiger charge is -2.36. The fourth-order valence-electron chi connectivity index (χ4n) is 4.65. The zero-order valence-electron chi connectivity index (χ0n) is 19.0. The minimum absolute atomic E-state index is 0.163. The molecule has 3 fully saturated rings. The number of ether oxygens (including phenoxy) is 1. The normalized spacial score (nSPS) is 20.6. The van der Waals surface area contributed by atoms with Gasteiger partial charge in [-0.1, -0.05) is 6.07 Å². The van der Waals surface area contributed by atoms with Crippen molar-refractivity contribution in [2.75, 3.05) is 42.5 Å². The Kier molecular flexibility index (Phi) is 5.41. The van der Waals surface area contributed by atoms with Crippen molar-refractivity contribution in [3.05, 3.63) is 52.7 Å². The Morgan fingerprint density at radius 2 is 1.94 bits per heavy atom. The van der Waals surface area contributed by atoms with Gasteiger partial charge in [-0.25, -0.2) is 9.78 Å². The van der Waals surface area contributed by atoms with Crippen molar-refractivity contribution >= 4 is 23.5 Å². The third-order valence-corrected chi connectivity index (χ3v) is 6.61. The van der Waals surface area contributed by atoms with Crippen LogP contribution < -0.4 is 9.80 Å². The number of rotatable bonds is 4. The van der Waals surface area contributed by atoms with E-state index in [2.05, 4.69) is 24.0 Å². The van der Waals surface area contributed by atoms with Crippen molar-refractivity contribution in [2.45, 2.75) is 38.7 Å². The van der Waals surface area contributed by atoms with Gasteiger partial charge in [-0.15, -0.1) is 0 Å². The zero-order valence-corrected chi connectivity index (χ0v) is 19.0. The quantitative estimate of drug-likeness (QED) is 0.716. The second-order valence-electron chi connectivity index (χ2n) is 9.11. The number of piperazine rings is 1. The highest BCUT2D eigenvalue weighted by molar-refractivity contribution is 5.98. The van der Waals surface area contributed by atoms with Crippen LogP contribution in [0.1, 0.15) is 52.7 Å². The van der Waals surface area contributed by atoms with E-state index in [0.29, 0.717) is 49.9 Å². The SMILES string of the molecule is Cc1cc(C2CC2)cnc1N1CCN(C(=O)c2ccc(N3C[C@H](C)OC3=O)cc2C#N)CC1. The number of nitriles is 1. The summed E-state index contributed by atoms with van der Waals surface area (Å²) in [5.74, 6) is 1.50. The average molecular weight is 446 g/mol. The summed E-state index contributed by atoms with van der Waals surface area (Å²) in [5.41, 5.74) is 3.70. The van der Waals surface area contributed by atoms with Crippen LogP contribution in [-0.4, -0.2) is 60.7 Å². The van der Waals surface area contributed by atoms with Gasteiger partial charge in [0.1, 0.15) is 18.0 Å². The molecule has 2 aliphatic heterocycles. The summed E-state index contributed by atoms with van der Waals surface area (Å²) in [6.45, 7) is 6.86. The van der Waals surface area contributed by atoms with Crippen LogP contribution in [0.3, 0.4) is 0 Å². The van der Waals surface area contributed by atoms with Crippen LogP contribution in [0.5, 0.6) is 0 Å². The molecular formula is C25H27N5O3. The summed E-state index contributed by atoms with van der Waals surface area (Å²) >= 11 is 0. The van der Waals surface area contributed by atoms with Gasteiger partial charge in [0.15, 0.2) is 0 Å². The minimum Gasteiger partial charge on any atom is -0.444 e. The van der Waals surface area contributed by atoms with Crippen LogP contribution in [0.4, 0.5) is 16.3 Å². The molecule has 0 radical (unpaired) electrons. The number of aryl methyl sites for hydroxylation is 1. The van der Waals surface area contributed by atoms with Gasteiger partial charge in [-0.05, 0) is 61.9 Å². The van der Waals surface area contributed by atoms with Crippen LogP contribution in [0.2, 0.25) is 0 Å². The molecule has 8 nitrogen and oxygen atoms in total. The van der Waals surface area contributed by atoms with Gasteiger partial charge >= 0.3 is 6.09 Å². The first-order chi connectivity index (χ1) is 15.9. The maximum atomic E-state index is 13.2. The Labute approximate surface area is 193 Å². The number of aromatic nitrogens is 1. The first-order valence-corrected chi connectivity index (χ1v) is 11.5. The highest BCUT2D eigenvalue weighted by atomic mass is 16.6. The van der Waals surface area contributed by atoms with Gasteiger partial charge in [-0.2, -0.15) is 5.26 Å². The van der Waals surface area contributed by atoms with Crippen molar-refractivity contribution in [1.29, 1.82) is 5.26 Å². The molecule has 170 valence electrons. The van der Waals surface area contributed by atoms with Crippen LogP contribution in [0.15, 0.2) is 30.5 Å². The number of hydrogen-bond acceptors (Lipinski definition) is 6. The number of cyclic esters (lactones) is 1. The Hall–Kier alpha value is -3.60. The summed E-state index contributed by atoms with van der Waals surface area (Å²) in [6.07, 6.45) is 3.87. The lowest BCUT2D eigenvalue weighted by molar-refractivity contribution is 0.0746. The lowest BCUT2D eigenvalue weighted by Crippen LogP contribution is -2.49. The number of hydrogen-bond donors (Lipinski definition) is 0. The van der Waals surface area contributed by atoms with Crippen molar-refractivity contribution < 1.29 is 14.3 Å². The molecule has 1 atom stereocenters. The second-order valence-corrected chi connectivity index (χ2v) is 9.11. The molecule has 2 amide bonds. The highest BCUT2D eigenvalue weighted by Crippen LogP contribution is 2.40. The predicted molar refractivity (Wildman–Crippen MR) is 124 cm³/mol. The van der Waals surface area contributed by atoms with Crippen LogP contribution in [0.25, 0.3) is 0 Å². The van der Waals surface area contributed by atoms with Crippen molar-refractivity contribution in [2.24, 2.45) is 0 Å². The summed E-state index contributed by atoms with van der Waals surface area (Å²) in [5, 5.41) is 9.67. The van der Waals surface area contributed by atoms with E-state index >= 15 is 0 Å². The van der Waals surface area contributed by atoms with Gasteiger partial charge in [0.2, 0.25) is 0 Å². The first kappa shape index (κ1) is 21.3. The van der Waals surface area contributed by atoms with Gasteiger partial charge in [0.25, 0.3) is 5.91 Å². The number of anilines is 2. The van der Waals surface area contributed by atoms with Crippen LogP contribution >= 0.6 is 0 Å². The lowest BCUT2D eigenvalue weighted by atomic mass is 10.0. The van der Waals surface area contributed by atoms with E-state index in [4.69, 9.17) is 9.72 Å². The largest absolute Gasteiger partial charge is 0.444 e. The molecule has 5 rings (SSSR count). The van der Waals surface area contributed by atoms with Crippen molar-refractivity contribution in [1.82, 2.24) is 9.88 Å². The number of nitrogens with zero attached hydrogens (tertiary/aromatic N) is 5. The molecule has 1 aliphatic carbocycles. The molecular weight excluding hydrogens is 418 g/mol. The molecule has 1 aromatic carbocycles. The smallest absolute Gasteiger partial charge is 0.414 e. The van der Waals surface area contributed by atoms with E-state index in [-0.39, 0.29) is 17.6 Å². The topological polar surface area (TPSA) is 89.8 Å². The van der Waals surface area contributed by atoms with E-state index in [0.717, 1.165) is 5.82 Å². The third-order valence-electron chi connectivity index (χ3n) is 6.61. The fraction of sp³-hybridized carbons (Fsp3) is 0.440. The summed E-state index contributed by atoms with van der Waals surface area (Å²) in [7, 11) is 0. The molecule has 3 heterocycles. The van der Waals surface area contributed by atoms with Crippen LogP contribution in [0, 0.1) is 18.3 Å². The third kappa shape index (κ3) is 4.11.